The predicted molar refractivity (Wildman–Crippen MR) is 102 cm³/mol. The molecule has 4 rings (SSSR count). The van der Waals surface area contributed by atoms with Crippen molar-refractivity contribution in [1.29, 1.82) is 0 Å². The van der Waals surface area contributed by atoms with Crippen molar-refractivity contribution in [1.82, 2.24) is 14.8 Å². The first-order valence-corrected chi connectivity index (χ1v) is 10.1. The number of amides is 2. The highest BCUT2D eigenvalue weighted by Gasteiger charge is 2.50. The molecule has 1 aromatic rings. The summed E-state index contributed by atoms with van der Waals surface area (Å²) in [5, 5.41) is 12.5. The number of carboxylic acid groups (broad SMARTS) is 1. The molecule has 7 nitrogen and oxygen atoms in total. The van der Waals surface area contributed by atoms with Crippen LogP contribution in [0.25, 0.3) is 0 Å². The molecule has 2 fully saturated rings. The van der Waals surface area contributed by atoms with Crippen LogP contribution in [0.5, 0.6) is 0 Å². The molecule has 1 spiro atoms. The molecule has 0 radical (unpaired) electrons. The van der Waals surface area contributed by atoms with Crippen molar-refractivity contribution < 1.29 is 14.7 Å². The van der Waals surface area contributed by atoms with Gasteiger partial charge in [0.2, 0.25) is 5.91 Å². The van der Waals surface area contributed by atoms with E-state index in [-0.39, 0.29) is 11.9 Å². The molecule has 0 aromatic carbocycles. The monoisotopic (exact) mass is 372 g/mol. The van der Waals surface area contributed by atoms with Crippen LogP contribution in [-0.4, -0.2) is 63.6 Å². The van der Waals surface area contributed by atoms with Crippen molar-refractivity contribution >= 4 is 17.7 Å². The Hall–Kier alpha value is -2.15. The Balaban J connectivity index is 1.41. The van der Waals surface area contributed by atoms with Crippen molar-refractivity contribution in [3.8, 4) is 0 Å². The van der Waals surface area contributed by atoms with Crippen LogP contribution >= 0.6 is 0 Å². The molecule has 7 heteroatoms. The van der Waals surface area contributed by atoms with E-state index in [0.717, 1.165) is 63.0 Å². The van der Waals surface area contributed by atoms with Gasteiger partial charge in [0.05, 0.1) is 16.8 Å². The van der Waals surface area contributed by atoms with Crippen LogP contribution in [0.4, 0.5) is 10.5 Å². The minimum Gasteiger partial charge on any atom is -0.465 e. The molecule has 1 saturated carbocycles. The molecule has 146 valence electrons. The second-order valence-corrected chi connectivity index (χ2v) is 8.08. The van der Waals surface area contributed by atoms with Gasteiger partial charge in [-0.25, -0.2) is 4.79 Å². The molecule has 2 amide bonds. The van der Waals surface area contributed by atoms with Crippen LogP contribution in [0.3, 0.4) is 0 Å². The van der Waals surface area contributed by atoms with E-state index in [4.69, 9.17) is 0 Å². The molecule has 1 saturated heterocycles. The number of hydrogen-bond acceptors (Lipinski definition) is 4. The minimum absolute atomic E-state index is 0.0916. The van der Waals surface area contributed by atoms with Gasteiger partial charge in [-0.15, -0.1) is 0 Å². The quantitative estimate of drug-likeness (QED) is 0.849. The first-order valence-electron chi connectivity index (χ1n) is 10.1. The molecule has 2 N–H and O–H groups in total. The van der Waals surface area contributed by atoms with Crippen molar-refractivity contribution in [3.05, 3.63) is 24.0 Å². The largest absolute Gasteiger partial charge is 0.465 e. The lowest BCUT2D eigenvalue weighted by atomic mass is 9.70. The van der Waals surface area contributed by atoms with Crippen molar-refractivity contribution in [2.24, 2.45) is 0 Å². The van der Waals surface area contributed by atoms with E-state index >= 15 is 0 Å². The zero-order chi connectivity index (χ0) is 19.0. The number of fused-ring (bicyclic) bond motifs is 2. The van der Waals surface area contributed by atoms with Gasteiger partial charge in [0.25, 0.3) is 0 Å². The van der Waals surface area contributed by atoms with Crippen molar-refractivity contribution in [2.45, 2.75) is 62.9 Å². The number of nitrogens with one attached hydrogen (secondary N) is 1. The molecule has 1 aromatic heterocycles. The fourth-order valence-electron chi connectivity index (χ4n) is 5.19. The van der Waals surface area contributed by atoms with E-state index in [1.807, 2.05) is 19.1 Å². The molecule has 0 bridgehead atoms. The zero-order valence-corrected chi connectivity index (χ0v) is 15.9. The highest BCUT2D eigenvalue weighted by atomic mass is 16.4. The zero-order valence-electron chi connectivity index (χ0n) is 15.9. The summed E-state index contributed by atoms with van der Waals surface area (Å²) in [6, 6.07) is 4.31. The first kappa shape index (κ1) is 18.2. The Kier molecular flexibility index (Phi) is 4.80. The van der Waals surface area contributed by atoms with E-state index < -0.39 is 11.5 Å². The topological polar surface area (TPSA) is 85.8 Å². The van der Waals surface area contributed by atoms with Gasteiger partial charge in [-0.3, -0.25) is 14.7 Å². The Morgan fingerprint density at radius 2 is 2.19 bits per heavy atom. The van der Waals surface area contributed by atoms with E-state index in [1.165, 1.54) is 0 Å². The summed E-state index contributed by atoms with van der Waals surface area (Å²) >= 11 is 0. The van der Waals surface area contributed by atoms with Crippen LogP contribution in [0, 0.1) is 0 Å². The third kappa shape index (κ3) is 3.08. The maximum absolute atomic E-state index is 12.7. The van der Waals surface area contributed by atoms with Gasteiger partial charge in [0, 0.05) is 37.9 Å². The number of rotatable bonds is 4. The summed E-state index contributed by atoms with van der Waals surface area (Å²) in [6.07, 6.45) is 6.24. The van der Waals surface area contributed by atoms with Gasteiger partial charge < -0.3 is 15.3 Å². The molecular formula is C20H28N4O3. The lowest BCUT2D eigenvalue weighted by Gasteiger charge is -2.39. The third-order valence-corrected chi connectivity index (χ3v) is 6.61. The van der Waals surface area contributed by atoms with Gasteiger partial charge in [-0.1, -0.05) is 6.92 Å². The van der Waals surface area contributed by atoms with E-state index in [2.05, 4.69) is 15.2 Å². The smallest absolute Gasteiger partial charge is 0.407 e. The average Bonchev–Trinajstić information content (AvgIpc) is 3.25. The summed E-state index contributed by atoms with van der Waals surface area (Å²) in [6.45, 7) is 4.37. The lowest BCUT2D eigenvalue weighted by Crippen LogP contribution is -2.46. The first-order chi connectivity index (χ1) is 13.0. The standard InChI is InChI=1S/C20H28N4O3/c1-2-11-24(19(26)27)15-7-12-23(13-15)14-5-8-20(9-6-14)17-16(22-18(20)25)4-3-10-21-17/h3-4,10,14-15H,2,5-9,11-13H2,1H3,(H,22,25)(H,26,27)/t14?,15-,20?/m1/s1. The van der Waals surface area contributed by atoms with Crippen LogP contribution in [0.15, 0.2) is 18.3 Å². The summed E-state index contributed by atoms with van der Waals surface area (Å²) in [7, 11) is 0. The van der Waals surface area contributed by atoms with Gasteiger partial charge in [0.1, 0.15) is 0 Å². The Morgan fingerprint density at radius 3 is 2.89 bits per heavy atom. The maximum Gasteiger partial charge on any atom is 0.407 e. The number of anilines is 1. The number of hydrogen-bond donors (Lipinski definition) is 2. The van der Waals surface area contributed by atoms with Gasteiger partial charge in [-0.05, 0) is 50.7 Å². The molecular weight excluding hydrogens is 344 g/mol. The predicted octanol–water partition coefficient (Wildman–Crippen LogP) is 2.68. The fourth-order valence-corrected chi connectivity index (χ4v) is 5.19. The van der Waals surface area contributed by atoms with Gasteiger partial charge in [0.15, 0.2) is 0 Å². The Morgan fingerprint density at radius 1 is 1.41 bits per heavy atom. The molecule has 1 aliphatic carbocycles. The number of carbonyl (C=O) groups excluding carboxylic acids is 1. The average molecular weight is 372 g/mol. The maximum atomic E-state index is 12.7. The summed E-state index contributed by atoms with van der Waals surface area (Å²) in [5.74, 6) is 0.0916. The van der Waals surface area contributed by atoms with Gasteiger partial charge >= 0.3 is 6.09 Å². The van der Waals surface area contributed by atoms with Gasteiger partial charge in [-0.2, -0.15) is 0 Å². The lowest BCUT2D eigenvalue weighted by molar-refractivity contribution is -0.122. The molecule has 3 aliphatic rings. The van der Waals surface area contributed by atoms with Crippen LogP contribution in [0.1, 0.15) is 51.1 Å². The van der Waals surface area contributed by atoms with Crippen molar-refractivity contribution in [3.63, 3.8) is 0 Å². The fraction of sp³-hybridized carbons (Fsp3) is 0.650. The molecule has 0 unspecified atom stereocenters. The highest BCUT2D eigenvalue weighted by molar-refractivity contribution is 6.05. The molecule has 3 heterocycles. The third-order valence-electron chi connectivity index (χ3n) is 6.61. The summed E-state index contributed by atoms with van der Waals surface area (Å²) in [5.41, 5.74) is 1.30. The number of pyridine rings is 1. The number of likely N-dealkylation sites (tertiary alicyclic amines) is 1. The normalized spacial score (nSPS) is 30.3. The molecule has 2 aliphatic heterocycles. The minimum atomic E-state index is -0.809. The van der Waals surface area contributed by atoms with E-state index in [9.17, 15) is 14.7 Å². The molecule has 27 heavy (non-hydrogen) atoms. The highest BCUT2D eigenvalue weighted by Crippen LogP contribution is 2.47. The van der Waals surface area contributed by atoms with Crippen LogP contribution in [0.2, 0.25) is 0 Å². The molecule has 1 atom stereocenters. The van der Waals surface area contributed by atoms with E-state index in [0.29, 0.717) is 12.6 Å². The number of aromatic nitrogens is 1. The van der Waals surface area contributed by atoms with Crippen LogP contribution in [-0.2, 0) is 10.2 Å². The van der Waals surface area contributed by atoms with E-state index in [1.54, 1.807) is 11.1 Å². The SMILES string of the molecule is CCCN(C(=O)O)[C@@H]1CCN(C2CCC3(CC2)C(=O)Nc2cccnc23)C1. The Bertz CT molecular complexity index is 730. The summed E-state index contributed by atoms with van der Waals surface area (Å²) in [4.78, 5) is 32.8. The number of carbonyl (C=O) groups is 2. The van der Waals surface area contributed by atoms with Crippen molar-refractivity contribution in [2.75, 3.05) is 25.0 Å². The summed E-state index contributed by atoms with van der Waals surface area (Å²) < 4.78 is 0. The second kappa shape index (κ2) is 7.11. The van der Waals surface area contributed by atoms with Crippen LogP contribution < -0.4 is 5.32 Å². The second-order valence-electron chi connectivity index (χ2n) is 8.08. The number of nitrogens with zero attached hydrogens (tertiary/aromatic N) is 3. The Labute approximate surface area is 159 Å².